The predicted molar refractivity (Wildman–Crippen MR) is 72.1 cm³/mol. The molecule has 0 spiro atoms. The topological polar surface area (TPSA) is 41.5 Å². The van der Waals surface area contributed by atoms with Crippen LogP contribution in [0.15, 0.2) is 33.8 Å². The maximum Gasteiger partial charge on any atom is 0.271 e. The van der Waals surface area contributed by atoms with Crippen molar-refractivity contribution in [3.63, 3.8) is 0 Å². The summed E-state index contributed by atoms with van der Waals surface area (Å²) in [6.45, 7) is 0. The monoisotopic (exact) mass is 294 g/mol. The molecule has 1 aromatic rings. The van der Waals surface area contributed by atoms with Crippen LogP contribution in [0, 0.1) is 0 Å². The first-order valence-electron chi connectivity index (χ1n) is 5.87. The Morgan fingerprint density at radius 1 is 1.24 bits per heavy atom. The van der Waals surface area contributed by atoms with E-state index in [4.69, 9.17) is 0 Å². The van der Waals surface area contributed by atoms with E-state index >= 15 is 0 Å². The smallest absolute Gasteiger partial charge is 0.267 e. The van der Waals surface area contributed by atoms with Gasteiger partial charge in [-0.05, 0) is 43.9 Å². The van der Waals surface area contributed by atoms with Gasteiger partial charge in [-0.1, -0.05) is 28.4 Å². The van der Waals surface area contributed by atoms with E-state index in [0.29, 0.717) is 5.56 Å². The molecule has 0 aromatic heterocycles. The van der Waals surface area contributed by atoms with Crippen molar-refractivity contribution in [1.29, 1.82) is 0 Å². The van der Waals surface area contributed by atoms with Gasteiger partial charge in [-0.3, -0.25) is 4.79 Å². The largest absolute Gasteiger partial charge is 0.271 e. The Bertz CT molecular complexity index is 435. The average Bonchev–Trinajstić information content (AvgIpc) is 2.37. The fraction of sp³-hybridized carbons (Fsp3) is 0.385. The van der Waals surface area contributed by atoms with Crippen molar-refractivity contribution in [3.8, 4) is 0 Å². The minimum Gasteiger partial charge on any atom is -0.267 e. The van der Waals surface area contributed by atoms with Gasteiger partial charge in [0.15, 0.2) is 0 Å². The van der Waals surface area contributed by atoms with Gasteiger partial charge in [-0.15, -0.1) is 0 Å². The van der Waals surface area contributed by atoms with Crippen LogP contribution < -0.4 is 5.43 Å². The number of halogens is 1. The molecule has 0 bridgehead atoms. The number of carbonyl (C=O) groups is 1. The van der Waals surface area contributed by atoms with Gasteiger partial charge in [0, 0.05) is 15.7 Å². The standard InChI is InChI=1S/C13H15BrN2O/c14-11-6-4-5-10(9-11)13(17)16-15-12-7-2-1-3-8-12/h4-6,9H,1-3,7-8H2,(H,16,17). The molecular formula is C13H15BrN2O. The number of rotatable bonds is 2. The van der Waals surface area contributed by atoms with E-state index < -0.39 is 0 Å². The summed E-state index contributed by atoms with van der Waals surface area (Å²) in [4.78, 5) is 11.8. The predicted octanol–water partition coefficient (Wildman–Crippen LogP) is 3.50. The number of hydrogen-bond acceptors (Lipinski definition) is 2. The normalized spacial score (nSPS) is 15.5. The maximum atomic E-state index is 11.8. The Morgan fingerprint density at radius 3 is 2.71 bits per heavy atom. The van der Waals surface area contributed by atoms with E-state index in [1.54, 1.807) is 12.1 Å². The highest BCUT2D eigenvalue weighted by molar-refractivity contribution is 9.10. The van der Waals surface area contributed by atoms with Gasteiger partial charge >= 0.3 is 0 Å². The molecule has 0 aliphatic heterocycles. The summed E-state index contributed by atoms with van der Waals surface area (Å²) >= 11 is 3.34. The van der Waals surface area contributed by atoms with Crippen LogP contribution in [0.25, 0.3) is 0 Å². The molecule has 1 aliphatic rings. The molecule has 0 atom stereocenters. The number of hydrogen-bond donors (Lipinski definition) is 1. The van der Waals surface area contributed by atoms with E-state index in [0.717, 1.165) is 23.0 Å². The third-order valence-corrected chi connectivity index (χ3v) is 3.33. The first-order chi connectivity index (χ1) is 8.25. The Morgan fingerprint density at radius 2 is 2.00 bits per heavy atom. The molecule has 1 fully saturated rings. The molecule has 0 unspecified atom stereocenters. The first-order valence-corrected chi connectivity index (χ1v) is 6.66. The van der Waals surface area contributed by atoms with Crippen LogP contribution in [0.3, 0.4) is 0 Å². The van der Waals surface area contributed by atoms with Gasteiger partial charge in [-0.25, -0.2) is 5.43 Å². The second kappa shape index (κ2) is 5.96. The van der Waals surface area contributed by atoms with Crippen molar-refractivity contribution in [2.45, 2.75) is 32.1 Å². The zero-order chi connectivity index (χ0) is 12.1. The lowest BCUT2D eigenvalue weighted by Gasteiger charge is -2.12. The molecule has 0 saturated heterocycles. The molecule has 1 N–H and O–H groups in total. The summed E-state index contributed by atoms with van der Waals surface area (Å²) in [7, 11) is 0. The molecule has 1 saturated carbocycles. The van der Waals surface area contributed by atoms with Gasteiger partial charge in [0.05, 0.1) is 0 Å². The van der Waals surface area contributed by atoms with Crippen molar-refractivity contribution >= 4 is 27.5 Å². The van der Waals surface area contributed by atoms with E-state index in [9.17, 15) is 4.79 Å². The molecule has 1 aromatic carbocycles. The Balaban J connectivity index is 1.97. The van der Waals surface area contributed by atoms with Crippen LogP contribution in [0.2, 0.25) is 0 Å². The molecule has 3 nitrogen and oxygen atoms in total. The number of benzene rings is 1. The Labute approximate surface area is 109 Å². The van der Waals surface area contributed by atoms with E-state index in [-0.39, 0.29) is 5.91 Å². The summed E-state index contributed by atoms with van der Waals surface area (Å²) in [5, 5.41) is 4.19. The molecule has 17 heavy (non-hydrogen) atoms. The number of amides is 1. The van der Waals surface area contributed by atoms with Crippen LogP contribution >= 0.6 is 15.9 Å². The minimum absolute atomic E-state index is 0.149. The third-order valence-electron chi connectivity index (χ3n) is 2.83. The van der Waals surface area contributed by atoms with Crippen LogP contribution in [-0.2, 0) is 0 Å². The lowest BCUT2D eigenvalue weighted by Crippen LogP contribution is -2.20. The summed E-state index contributed by atoms with van der Waals surface area (Å²) < 4.78 is 0.899. The lowest BCUT2D eigenvalue weighted by molar-refractivity contribution is 0.0954. The van der Waals surface area contributed by atoms with Crippen LogP contribution in [-0.4, -0.2) is 11.6 Å². The Hall–Kier alpha value is -1.16. The lowest BCUT2D eigenvalue weighted by atomic mass is 9.99. The van der Waals surface area contributed by atoms with Crippen molar-refractivity contribution in [1.82, 2.24) is 5.43 Å². The van der Waals surface area contributed by atoms with Crippen LogP contribution in [0.1, 0.15) is 42.5 Å². The van der Waals surface area contributed by atoms with Crippen molar-refractivity contribution in [3.05, 3.63) is 34.3 Å². The summed E-state index contributed by atoms with van der Waals surface area (Å²) in [5.74, 6) is -0.149. The van der Waals surface area contributed by atoms with E-state index in [2.05, 4.69) is 26.5 Å². The number of hydrazone groups is 1. The SMILES string of the molecule is O=C(NN=C1CCCCC1)c1cccc(Br)c1. The third kappa shape index (κ3) is 3.66. The highest BCUT2D eigenvalue weighted by Gasteiger charge is 2.08. The summed E-state index contributed by atoms with van der Waals surface area (Å²) in [5.41, 5.74) is 4.36. The van der Waals surface area contributed by atoms with Crippen molar-refractivity contribution < 1.29 is 4.79 Å². The molecule has 0 heterocycles. The van der Waals surface area contributed by atoms with Gasteiger partial charge in [-0.2, -0.15) is 5.10 Å². The molecular weight excluding hydrogens is 280 g/mol. The van der Waals surface area contributed by atoms with Crippen molar-refractivity contribution in [2.24, 2.45) is 5.10 Å². The van der Waals surface area contributed by atoms with Gasteiger partial charge < -0.3 is 0 Å². The molecule has 0 radical (unpaired) electrons. The minimum atomic E-state index is -0.149. The number of carbonyl (C=O) groups excluding carboxylic acids is 1. The maximum absolute atomic E-state index is 11.8. The van der Waals surface area contributed by atoms with Crippen molar-refractivity contribution in [2.75, 3.05) is 0 Å². The summed E-state index contributed by atoms with van der Waals surface area (Å²) in [6, 6.07) is 7.30. The average molecular weight is 295 g/mol. The first kappa shape index (κ1) is 12.3. The van der Waals surface area contributed by atoms with E-state index in [1.165, 1.54) is 19.3 Å². The molecule has 1 amide bonds. The zero-order valence-electron chi connectivity index (χ0n) is 9.58. The summed E-state index contributed by atoms with van der Waals surface area (Å²) in [6.07, 6.45) is 5.67. The second-order valence-electron chi connectivity index (χ2n) is 4.19. The van der Waals surface area contributed by atoms with Gasteiger partial charge in [0.25, 0.3) is 5.91 Å². The van der Waals surface area contributed by atoms with E-state index in [1.807, 2.05) is 12.1 Å². The Kier molecular flexibility index (Phi) is 4.31. The molecule has 1 aliphatic carbocycles. The highest BCUT2D eigenvalue weighted by atomic mass is 79.9. The number of nitrogens with zero attached hydrogens (tertiary/aromatic N) is 1. The quantitative estimate of drug-likeness (QED) is 0.834. The number of nitrogens with one attached hydrogen (secondary N) is 1. The van der Waals surface area contributed by atoms with Gasteiger partial charge in [0.2, 0.25) is 0 Å². The second-order valence-corrected chi connectivity index (χ2v) is 5.11. The molecule has 2 rings (SSSR count). The van der Waals surface area contributed by atoms with Crippen LogP contribution in [0.5, 0.6) is 0 Å². The fourth-order valence-corrected chi connectivity index (χ4v) is 2.30. The molecule has 90 valence electrons. The molecule has 4 heteroatoms. The van der Waals surface area contributed by atoms with Gasteiger partial charge in [0.1, 0.15) is 0 Å². The highest BCUT2D eigenvalue weighted by Crippen LogP contribution is 2.14. The fourth-order valence-electron chi connectivity index (χ4n) is 1.90. The van der Waals surface area contributed by atoms with Crippen LogP contribution in [0.4, 0.5) is 0 Å². The zero-order valence-corrected chi connectivity index (χ0v) is 11.2.